The highest BCUT2D eigenvalue weighted by Gasteiger charge is 2.18. The van der Waals surface area contributed by atoms with Crippen molar-refractivity contribution in [1.82, 2.24) is 9.55 Å². The van der Waals surface area contributed by atoms with Crippen LogP contribution in [-0.4, -0.2) is 16.1 Å². The smallest absolute Gasteiger partial charge is 0.0951 e. The third kappa shape index (κ3) is 3.25. The van der Waals surface area contributed by atoms with Crippen molar-refractivity contribution < 1.29 is 0 Å². The van der Waals surface area contributed by atoms with Crippen LogP contribution in [0.3, 0.4) is 0 Å². The van der Waals surface area contributed by atoms with E-state index < -0.39 is 0 Å². The molecule has 0 aromatic carbocycles. The van der Waals surface area contributed by atoms with Gasteiger partial charge in [0.05, 0.1) is 12.9 Å². The molecule has 0 aliphatic carbocycles. The predicted octanol–water partition coefficient (Wildman–Crippen LogP) is 3.25. The summed E-state index contributed by atoms with van der Waals surface area (Å²) in [7, 11) is 0. The lowest BCUT2D eigenvalue weighted by Gasteiger charge is -2.20. The molecule has 2 rings (SSSR count). The zero-order valence-corrected chi connectivity index (χ0v) is 12.8. The van der Waals surface area contributed by atoms with E-state index in [0.717, 1.165) is 13.0 Å². The molecule has 104 valence electrons. The van der Waals surface area contributed by atoms with Gasteiger partial charge >= 0.3 is 0 Å². The Morgan fingerprint density at radius 1 is 1.32 bits per heavy atom. The molecule has 2 N–H and O–H groups in total. The van der Waals surface area contributed by atoms with Gasteiger partial charge in [-0.15, -0.1) is 11.3 Å². The molecule has 0 aliphatic heterocycles. The Morgan fingerprint density at radius 3 is 2.63 bits per heavy atom. The standard InChI is InChI=1S/C15H23N3S/c1-4-12-5-6-13(19-12)9-18-10-17-8-15(18)14(7-16)11(2)3/h5-6,8,10-11,14H,4,7,9,16H2,1-3H3. The minimum atomic E-state index is 0.383. The minimum Gasteiger partial charge on any atom is -0.330 e. The van der Waals surface area contributed by atoms with Gasteiger partial charge < -0.3 is 10.3 Å². The molecule has 2 heterocycles. The molecule has 0 fully saturated rings. The molecule has 0 saturated carbocycles. The third-order valence-corrected chi connectivity index (χ3v) is 4.79. The summed E-state index contributed by atoms with van der Waals surface area (Å²) >= 11 is 1.89. The summed E-state index contributed by atoms with van der Waals surface area (Å²) in [6.45, 7) is 8.21. The van der Waals surface area contributed by atoms with Gasteiger partial charge in [0.1, 0.15) is 0 Å². The average Bonchev–Trinajstić information content (AvgIpc) is 3.00. The summed E-state index contributed by atoms with van der Waals surface area (Å²) in [5.41, 5.74) is 7.17. The Kier molecular flexibility index (Phi) is 4.77. The van der Waals surface area contributed by atoms with Crippen LogP contribution >= 0.6 is 11.3 Å². The Morgan fingerprint density at radius 2 is 2.05 bits per heavy atom. The van der Waals surface area contributed by atoms with Gasteiger partial charge in [-0.2, -0.15) is 0 Å². The quantitative estimate of drug-likeness (QED) is 0.881. The fourth-order valence-corrected chi connectivity index (χ4v) is 3.33. The number of imidazole rings is 1. The number of hydrogen-bond acceptors (Lipinski definition) is 3. The van der Waals surface area contributed by atoms with Crippen molar-refractivity contribution in [2.24, 2.45) is 11.7 Å². The monoisotopic (exact) mass is 277 g/mol. The number of rotatable bonds is 6. The van der Waals surface area contributed by atoms with Gasteiger partial charge in [0.2, 0.25) is 0 Å². The first-order valence-electron chi connectivity index (χ1n) is 6.93. The SMILES string of the molecule is CCc1ccc(Cn2cncc2C(CN)C(C)C)s1. The first-order chi connectivity index (χ1) is 9.15. The molecule has 0 radical (unpaired) electrons. The zero-order chi connectivity index (χ0) is 13.8. The molecule has 2 aromatic rings. The number of aryl methyl sites for hydroxylation is 1. The molecule has 19 heavy (non-hydrogen) atoms. The van der Waals surface area contributed by atoms with E-state index in [4.69, 9.17) is 5.73 Å². The van der Waals surface area contributed by atoms with Gasteiger partial charge in [-0.3, -0.25) is 0 Å². The van der Waals surface area contributed by atoms with E-state index in [9.17, 15) is 0 Å². The number of nitrogens with zero attached hydrogens (tertiary/aromatic N) is 2. The lowest BCUT2D eigenvalue weighted by Crippen LogP contribution is -2.21. The molecule has 0 amide bonds. The van der Waals surface area contributed by atoms with Crippen LogP contribution in [0.25, 0.3) is 0 Å². The normalized spacial score (nSPS) is 13.1. The van der Waals surface area contributed by atoms with Crippen LogP contribution in [0.1, 0.15) is 42.1 Å². The maximum Gasteiger partial charge on any atom is 0.0951 e. The molecular formula is C15H23N3S. The molecular weight excluding hydrogens is 254 g/mol. The van der Waals surface area contributed by atoms with E-state index in [1.807, 2.05) is 23.9 Å². The van der Waals surface area contributed by atoms with Crippen molar-refractivity contribution in [3.63, 3.8) is 0 Å². The highest BCUT2D eigenvalue weighted by Crippen LogP contribution is 2.25. The molecule has 4 heteroatoms. The largest absolute Gasteiger partial charge is 0.330 e. The first kappa shape index (κ1) is 14.3. The van der Waals surface area contributed by atoms with Gasteiger partial charge in [0, 0.05) is 34.1 Å². The van der Waals surface area contributed by atoms with E-state index in [0.29, 0.717) is 18.4 Å². The Labute approximate surface area is 119 Å². The highest BCUT2D eigenvalue weighted by atomic mass is 32.1. The van der Waals surface area contributed by atoms with Crippen molar-refractivity contribution in [2.75, 3.05) is 6.54 Å². The summed E-state index contributed by atoms with van der Waals surface area (Å²) < 4.78 is 2.24. The number of thiophene rings is 1. The fraction of sp³-hybridized carbons (Fsp3) is 0.533. The summed E-state index contributed by atoms with van der Waals surface area (Å²) in [6.07, 6.45) is 5.00. The second kappa shape index (κ2) is 6.35. The van der Waals surface area contributed by atoms with Gasteiger partial charge in [0.25, 0.3) is 0 Å². The van der Waals surface area contributed by atoms with E-state index >= 15 is 0 Å². The van der Waals surface area contributed by atoms with Crippen LogP contribution in [0.15, 0.2) is 24.7 Å². The molecule has 0 spiro atoms. The average molecular weight is 277 g/mol. The van der Waals surface area contributed by atoms with E-state index in [2.05, 4.69) is 42.5 Å². The number of hydrogen-bond donors (Lipinski definition) is 1. The number of nitrogens with two attached hydrogens (primary N) is 1. The van der Waals surface area contributed by atoms with Gasteiger partial charge in [-0.1, -0.05) is 20.8 Å². The Balaban J connectivity index is 2.19. The maximum absolute atomic E-state index is 5.91. The number of aromatic nitrogens is 2. The predicted molar refractivity (Wildman–Crippen MR) is 81.7 cm³/mol. The van der Waals surface area contributed by atoms with Gasteiger partial charge in [0.15, 0.2) is 0 Å². The molecule has 2 aromatic heterocycles. The third-order valence-electron chi connectivity index (χ3n) is 3.58. The lowest BCUT2D eigenvalue weighted by atomic mass is 9.93. The topological polar surface area (TPSA) is 43.8 Å². The van der Waals surface area contributed by atoms with Gasteiger partial charge in [-0.05, 0) is 24.5 Å². The van der Waals surface area contributed by atoms with Crippen LogP contribution < -0.4 is 5.73 Å². The van der Waals surface area contributed by atoms with Crippen LogP contribution in [0, 0.1) is 5.92 Å². The van der Waals surface area contributed by atoms with Crippen molar-refractivity contribution in [2.45, 2.75) is 39.7 Å². The molecule has 0 aliphatic rings. The van der Waals surface area contributed by atoms with E-state index in [1.54, 1.807) is 0 Å². The van der Waals surface area contributed by atoms with Crippen molar-refractivity contribution in [1.29, 1.82) is 0 Å². The van der Waals surface area contributed by atoms with Gasteiger partial charge in [-0.25, -0.2) is 4.98 Å². The van der Waals surface area contributed by atoms with Crippen LogP contribution in [0.5, 0.6) is 0 Å². The first-order valence-corrected chi connectivity index (χ1v) is 7.75. The van der Waals surface area contributed by atoms with Crippen molar-refractivity contribution in [3.8, 4) is 0 Å². The molecule has 1 atom stereocenters. The second-order valence-corrected chi connectivity index (χ2v) is 6.51. The van der Waals surface area contributed by atoms with Crippen molar-refractivity contribution >= 4 is 11.3 Å². The minimum absolute atomic E-state index is 0.383. The maximum atomic E-state index is 5.91. The summed E-state index contributed by atoms with van der Waals surface area (Å²) in [5.74, 6) is 0.920. The molecule has 0 bridgehead atoms. The highest BCUT2D eigenvalue weighted by molar-refractivity contribution is 7.11. The molecule has 3 nitrogen and oxygen atoms in total. The summed E-state index contributed by atoms with van der Waals surface area (Å²) in [5, 5.41) is 0. The summed E-state index contributed by atoms with van der Waals surface area (Å²) in [6, 6.07) is 4.44. The summed E-state index contributed by atoms with van der Waals surface area (Å²) in [4.78, 5) is 7.13. The molecule has 1 unspecified atom stereocenters. The van der Waals surface area contributed by atoms with E-state index in [1.165, 1.54) is 15.4 Å². The second-order valence-electron chi connectivity index (χ2n) is 5.25. The van der Waals surface area contributed by atoms with Crippen LogP contribution in [0.2, 0.25) is 0 Å². The fourth-order valence-electron chi connectivity index (χ4n) is 2.37. The Bertz CT molecular complexity index is 513. The van der Waals surface area contributed by atoms with Crippen LogP contribution in [0.4, 0.5) is 0 Å². The van der Waals surface area contributed by atoms with E-state index in [-0.39, 0.29) is 0 Å². The van der Waals surface area contributed by atoms with Crippen molar-refractivity contribution in [3.05, 3.63) is 40.1 Å². The Hall–Kier alpha value is -1.13. The zero-order valence-electron chi connectivity index (χ0n) is 12.0. The molecule has 0 saturated heterocycles. The lowest BCUT2D eigenvalue weighted by molar-refractivity contribution is 0.478. The van der Waals surface area contributed by atoms with Crippen LogP contribution in [-0.2, 0) is 13.0 Å².